The van der Waals surface area contributed by atoms with Crippen molar-refractivity contribution in [2.45, 2.75) is 32.8 Å². The first-order valence-electron chi connectivity index (χ1n) is 10.1. The summed E-state index contributed by atoms with van der Waals surface area (Å²) in [7, 11) is 0. The highest BCUT2D eigenvalue weighted by Gasteiger charge is 2.18. The SMILES string of the molecule is CCCOc1ccc(NC(=O)C(CC)Oc2ccc(-c3ccccc3)cc2)cc1. The number of carbonyl (C=O) groups is 1. The van der Waals surface area contributed by atoms with E-state index in [0.29, 0.717) is 18.8 Å². The van der Waals surface area contributed by atoms with E-state index >= 15 is 0 Å². The monoisotopic (exact) mass is 389 g/mol. The fraction of sp³-hybridized carbons (Fsp3) is 0.240. The molecule has 0 aromatic heterocycles. The van der Waals surface area contributed by atoms with Crippen molar-refractivity contribution in [1.29, 1.82) is 0 Å². The van der Waals surface area contributed by atoms with Crippen LogP contribution >= 0.6 is 0 Å². The Kier molecular flexibility index (Phi) is 7.28. The minimum absolute atomic E-state index is 0.165. The highest BCUT2D eigenvalue weighted by Crippen LogP contribution is 2.23. The van der Waals surface area contributed by atoms with Gasteiger partial charge >= 0.3 is 0 Å². The van der Waals surface area contributed by atoms with Crippen molar-refractivity contribution < 1.29 is 14.3 Å². The summed E-state index contributed by atoms with van der Waals surface area (Å²) in [6, 6.07) is 25.4. The van der Waals surface area contributed by atoms with Gasteiger partial charge in [0.15, 0.2) is 6.10 Å². The van der Waals surface area contributed by atoms with Crippen molar-refractivity contribution in [1.82, 2.24) is 0 Å². The minimum atomic E-state index is -0.561. The van der Waals surface area contributed by atoms with E-state index in [9.17, 15) is 4.79 Å². The van der Waals surface area contributed by atoms with E-state index in [1.165, 1.54) is 0 Å². The predicted octanol–water partition coefficient (Wildman–Crippen LogP) is 5.94. The van der Waals surface area contributed by atoms with Crippen LogP contribution in [0.3, 0.4) is 0 Å². The molecular formula is C25H27NO3. The largest absolute Gasteiger partial charge is 0.494 e. The van der Waals surface area contributed by atoms with E-state index in [4.69, 9.17) is 9.47 Å². The molecule has 1 N–H and O–H groups in total. The van der Waals surface area contributed by atoms with E-state index in [-0.39, 0.29) is 5.91 Å². The lowest BCUT2D eigenvalue weighted by Crippen LogP contribution is -2.32. The van der Waals surface area contributed by atoms with Gasteiger partial charge in [0.2, 0.25) is 0 Å². The summed E-state index contributed by atoms with van der Waals surface area (Å²) in [5, 5.41) is 2.91. The lowest BCUT2D eigenvalue weighted by Gasteiger charge is -2.18. The number of benzene rings is 3. The minimum Gasteiger partial charge on any atom is -0.494 e. The molecule has 4 nitrogen and oxygen atoms in total. The average Bonchev–Trinajstić information content (AvgIpc) is 2.78. The molecule has 1 atom stereocenters. The van der Waals surface area contributed by atoms with E-state index in [1.807, 2.05) is 73.7 Å². The zero-order valence-electron chi connectivity index (χ0n) is 16.9. The van der Waals surface area contributed by atoms with Gasteiger partial charge < -0.3 is 14.8 Å². The summed E-state index contributed by atoms with van der Waals surface area (Å²) in [6.45, 7) is 4.68. The molecule has 1 unspecified atom stereocenters. The summed E-state index contributed by atoms with van der Waals surface area (Å²) < 4.78 is 11.5. The van der Waals surface area contributed by atoms with Crippen LogP contribution in [-0.2, 0) is 4.79 Å². The van der Waals surface area contributed by atoms with Crippen molar-refractivity contribution in [3.05, 3.63) is 78.9 Å². The average molecular weight is 389 g/mol. The molecule has 150 valence electrons. The van der Waals surface area contributed by atoms with Crippen LogP contribution in [-0.4, -0.2) is 18.6 Å². The molecule has 0 spiro atoms. The highest BCUT2D eigenvalue weighted by atomic mass is 16.5. The first-order chi connectivity index (χ1) is 14.2. The first-order valence-corrected chi connectivity index (χ1v) is 10.1. The zero-order valence-corrected chi connectivity index (χ0v) is 16.9. The normalized spacial score (nSPS) is 11.5. The number of hydrogen-bond acceptors (Lipinski definition) is 3. The molecule has 0 heterocycles. The number of ether oxygens (including phenoxy) is 2. The Bertz CT molecular complexity index is 890. The molecule has 1 amide bonds. The molecule has 29 heavy (non-hydrogen) atoms. The van der Waals surface area contributed by atoms with Gasteiger partial charge in [-0.2, -0.15) is 0 Å². The van der Waals surface area contributed by atoms with Gasteiger partial charge in [0.1, 0.15) is 11.5 Å². The molecule has 0 saturated heterocycles. The zero-order chi connectivity index (χ0) is 20.5. The number of rotatable bonds is 9. The van der Waals surface area contributed by atoms with Gasteiger partial charge in [-0.1, -0.05) is 56.3 Å². The highest BCUT2D eigenvalue weighted by molar-refractivity contribution is 5.94. The summed E-state index contributed by atoms with van der Waals surface area (Å²) in [5.41, 5.74) is 2.98. The van der Waals surface area contributed by atoms with Gasteiger partial charge in [-0.3, -0.25) is 4.79 Å². The van der Waals surface area contributed by atoms with Crippen LogP contribution in [0.1, 0.15) is 26.7 Å². The maximum atomic E-state index is 12.6. The molecule has 4 heteroatoms. The molecule has 0 radical (unpaired) electrons. The van der Waals surface area contributed by atoms with E-state index in [0.717, 1.165) is 29.0 Å². The quantitative estimate of drug-likeness (QED) is 0.493. The van der Waals surface area contributed by atoms with Crippen molar-refractivity contribution in [3.8, 4) is 22.6 Å². The Morgan fingerprint density at radius 1 is 0.828 bits per heavy atom. The third-order valence-corrected chi connectivity index (χ3v) is 4.50. The second kappa shape index (κ2) is 10.3. The number of nitrogens with one attached hydrogen (secondary N) is 1. The van der Waals surface area contributed by atoms with Crippen LogP contribution in [0.15, 0.2) is 78.9 Å². The summed E-state index contributed by atoms with van der Waals surface area (Å²) >= 11 is 0. The van der Waals surface area contributed by atoms with E-state index in [1.54, 1.807) is 0 Å². The van der Waals surface area contributed by atoms with Gasteiger partial charge in [-0.25, -0.2) is 0 Å². The fourth-order valence-electron chi connectivity index (χ4n) is 2.92. The lowest BCUT2D eigenvalue weighted by molar-refractivity contribution is -0.122. The molecule has 3 aromatic carbocycles. The van der Waals surface area contributed by atoms with Crippen LogP contribution in [0, 0.1) is 0 Å². The third kappa shape index (κ3) is 5.85. The van der Waals surface area contributed by atoms with Crippen molar-refractivity contribution >= 4 is 11.6 Å². The third-order valence-electron chi connectivity index (χ3n) is 4.50. The Morgan fingerprint density at radius 3 is 2.07 bits per heavy atom. The standard InChI is InChI=1S/C25H27NO3/c1-3-18-28-22-16-12-21(13-17-22)26-25(27)24(4-2)29-23-14-10-20(11-15-23)19-8-6-5-7-9-19/h5-17,24H,3-4,18H2,1-2H3,(H,26,27). The van der Waals surface area contributed by atoms with Gasteiger partial charge in [-0.05, 0) is 60.4 Å². The molecule has 0 saturated carbocycles. The van der Waals surface area contributed by atoms with Gasteiger partial charge in [0.25, 0.3) is 5.91 Å². The number of carbonyl (C=O) groups excluding carboxylic acids is 1. The smallest absolute Gasteiger partial charge is 0.265 e. The maximum absolute atomic E-state index is 12.6. The number of hydrogen-bond donors (Lipinski definition) is 1. The van der Waals surface area contributed by atoms with E-state index in [2.05, 4.69) is 24.4 Å². The van der Waals surface area contributed by atoms with Gasteiger partial charge in [0, 0.05) is 5.69 Å². The van der Waals surface area contributed by atoms with Crippen molar-refractivity contribution in [2.24, 2.45) is 0 Å². The van der Waals surface area contributed by atoms with Crippen LogP contribution < -0.4 is 14.8 Å². The molecule has 0 fully saturated rings. The molecular weight excluding hydrogens is 362 g/mol. The number of anilines is 1. The van der Waals surface area contributed by atoms with Gasteiger partial charge in [-0.15, -0.1) is 0 Å². The van der Waals surface area contributed by atoms with Crippen LogP contribution in [0.4, 0.5) is 5.69 Å². The molecule has 3 aromatic rings. The Hall–Kier alpha value is -3.27. The first kappa shape index (κ1) is 20.5. The molecule has 3 rings (SSSR count). The molecule has 0 aliphatic rings. The maximum Gasteiger partial charge on any atom is 0.265 e. The summed E-state index contributed by atoms with van der Waals surface area (Å²) in [6.07, 6.45) is 0.971. The van der Waals surface area contributed by atoms with Crippen LogP contribution in [0.2, 0.25) is 0 Å². The topological polar surface area (TPSA) is 47.6 Å². The Morgan fingerprint density at radius 2 is 1.45 bits per heavy atom. The van der Waals surface area contributed by atoms with E-state index < -0.39 is 6.10 Å². The second-order valence-corrected chi connectivity index (χ2v) is 6.77. The predicted molar refractivity (Wildman–Crippen MR) is 117 cm³/mol. The summed E-state index contributed by atoms with van der Waals surface area (Å²) in [4.78, 5) is 12.6. The van der Waals surface area contributed by atoms with Crippen LogP contribution in [0.5, 0.6) is 11.5 Å². The van der Waals surface area contributed by atoms with Crippen molar-refractivity contribution in [2.75, 3.05) is 11.9 Å². The van der Waals surface area contributed by atoms with Gasteiger partial charge in [0.05, 0.1) is 6.61 Å². The second-order valence-electron chi connectivity index (χ2n) is 6.77. The van der Waals surface area contributed by atoms with Crippen LogP contribution in [0.25, 0.3) is 11.1 Å². The molecule has 0 aliphatic carbocycles. The Labute approximate surface area is 172 Å². The molecule has 0 bridgehead atoms. The van der Waals surface area contributed by atoms with Crippen molar-refractivity contribution in [3.63, 3.8) is 0 Å². The number of amides is 1. The molecule has 0 aliphatic heterocycles. The lowest BCUT2D eigenvalue weighted by atomic mass is 10.1. The summed E-state index contributed by atoms with van der Waals surface area (Å²) in [5.74, 6) is 1.31. The Balaban J connectivity index is 1.59. The fourth-order valence-corrected chi connectivity index (χ4v) is 2.92.